The summed E-state index contributed by atoms with van der Waals surface area (Å²) >= 11 is 0. The Kier molecular flexibility index (Phi) is 5.20. The van der Waals surface area contributed by atoms with Crippen molar-refractivity contribution >= 4 is 14.5 Å². The van der Waals surface area contributed by atoms with Gasteiger partial charge in [0.25, 0.3) is 0 Å². The third-order valence-corrected chi connectivity index (χ3v) is 1.72. The third-order valence-electron chi connectivity index (χ3n) is 1.17. The molecule has 0 heterocycles. The molecule has 0 saturated heterocycles. The first kappa shape index (κ1) is 10.7. The van der Waals surface area contributed by atoms with Gasteiger partial charge in [0.1, 0.15) is 12.3 Å². The molecular formula is C6H13NO3P+. The molecular weight excluding hydrogens is 165 g/mol. The Hall–Kier alpha value is -0.310. The van der Waals surface area contributed by atoms with Crippen LogP contribution in [0.4, 0.5) is 0 Å². The third kappa shape index (κ3) is 6.10. The lowest BCUT2D eigenvalue weighted by Crippen LogP contribution is -2.26. The number of nitrogens with one attached hydrogen (secondary N) is 1. The van der Waals surface area contributed by atoms with Crippen molar-refractivity contribution in [2.75, 3.05) is 0 Å². The number of carbonyl (C=O) groups excluding carboxylic acids is 1. The molecule has 11 heavy (non-hydrogen) atoms. The summed E-state index contributed by atoms with van der Waals surface area (Å²) in [6, 6.07) is -0.497. The van der Waals surface area contributed by atoms with Crippen LogP contribution >= 0.6 is 8.18 Å². The zero-order valence-corrected chi connectivity index (χ0v) is 7.54. The van der Waals surface area contributed by atoms with E-state index >= 15 is 0 Å². The molecule has 0 aliphatic rings. The quantitative estimate of drug-likeness (QED) is 0.483. The molecule has 0 rings (SSSR count). The zero-order chi connectivity index (χ0) is 8.85. The molecule has 0 aliphatic heterocycles. The molecule has 1 unspecified atom stereocenters. The van der Waals surface area contributed by atoms with Gasteiger partial charge in [-0.05, 0) is 16.9 Å². The first-order valence-electron chi connectivity index (χ1n) is 3.44. The van der Waals surface area contributed by atoms with Crippen molar-refractivity contribution in [1.82, 2.24) is 5.09 Å². The predicted octanol–water partition coefficient (Wildman–Crippen LogP) is 0.839. The number of hydrogen-bond acceptors (Lipinski definition) is 2. The predicted molar refractivity (Wildman–Crippen MR) is 42.3 cm³/mol. The van der Waals surface area contributed by atoms with Gasteiger partial charge >= 0.3 is 8.18 Å². The van der Waals surface area contributed by atoms with Gasteiger partial charge < -0.3 is 4.79 Å². The number of aldehydes is 1. The molecule has 0 aromatic rings. The largest absolute Gasteiger partial charge is 0.611 e. The van der Waals surface area contributed by atoms with Crippen LogP contribution in [0.25, 0.3) is 0 Å². The van der Waals surface area contributed by atoms with Gasteiger partial charge in [-0.1, -0.05) is 18.9 Å². The summed E-state index contributed by atoms with van der Waals surface area (Å²) < 4.78 is 10.2. The topological polar surface area (TPSA) is 66.4 Å². The van der Waals surface area contributed by atoms with Crippen LogP contribution in [0, 0.1) is 5.92 Å². The molecule has 4 nitrogen and oxygen atoms in total. The SMILES string of the molecule is CC(C)C[C@@H](C=O)N[P+](=O)O. The number of hydrogen-bond donors (Lipinski definition) is 2. The molecule has 0 bridgehead atoms. The van der Waals surface area contributed by atoms with Gasteiger partial charge in [-0.2, -0.15) is 0 Å². The monoisotopic (exact) mass is 178 g/mol. The average Bonchev–Trinajstić information content (AvgIpc) is 1.84. The summed E-state index contributed by atoms with van der Waals surface area (Å²) in [4.78, 5) is 18.7. The number of rotatable bonds is 5. The van der Waals surface area contributed by atoms with Crippen LogP contribution in [0.3, 0.4) is 0 Å². The molecule has 0 radical (unpaired) electrons. The van der Waals surface area contributed by atoms with Crippen LogP contribution in [0.5, 0.6) is 0 Å². The van der Waals surface area contributed by atoms with Crippen LogP contribution in [0.15, 0.2) is 0 Å². The molecule has 0 amide bonds. The fourth-order valence-electron chi connectivity index (χ4n) is 0.788. The second-order valence-electron chi connectivity index (χ2n) is 2.77. The highest BCUT2D eigenvalue weighted by Crippen LogP contribution is 2.11. The van der Waals surface area contributed by atoms with E-state index in [4.69, 9.17) is 4.89 Å². The van der Waals surface area contributed by atoms with Crippen molar-refractivity contribution in [3.8, 4) is 0 Å². The van der Waals surface area contributed by atoms with E-state index in [1.54, 1.807) is 0 Å². The highest BCUT2D eigenvalue weighted by atomic mass is 31.1. The van der Waals surface area contributed by atoms with Crippen LogP contribution in [0.2, 0.25) is 0 Å². The highest BCUT2D eigenvalue weighted by molar-refractivity contribution is 7.35. The maximum Gasteiger partial charge on any atom is 0.611 e. The van der Waals surface area contributed by atoms with E-state index in [0.717, 1.165) is 0 Å². The Morgan fingerprint density at radius 1 is 1.64 bits per heavy atom. The Labute approximate surface area is 66.9 Å². The van der Waals surface area contributed by atoms with Crippen molar-refractivity contribution < 1.29 is 14.3 Å². The van der Waals surface area contributed by atoms with Gasteiger partial charge in [-0.15, -0.1) is 4.89 Å². The summed E-state index contributed by atoms with van der Waals surface area (Å²) in [5, 5.41) is 2.26. The van der Waals surface area contributed by atoms with Crippen LogP contribution in [-0.4, -0.2) is 17.2 Å². The second kappa shape index (κ2) is 5.35. The summed E-state index contributed by atoms with van der Waals surface area (Å²) in [6.45, 7) is 3.89. The van der Waals surface area contributed by atoms with E-state index in [0.29, 0.717) is 18.6 Å². The molecule has 0 fully saturated rings. The Bertz CT molecular complexity index is 149. The van der Waals surface area contributed by atoms with E-state index in [2.05, 4.69) is 5.09 Å². The lowest BCUT2D eigenvalue weighted by atomic mass is 10.1. The van der Waals surface area contributed by atoms with Gasteiger partial charge in [0.2, 0.25) is 0 Å². The molecule has 2 atom stereocenters. The van der Waals surface area contributed by atoms with Crippen molar-refractivity contribution in [2.45, 2.75) is 26.3 Å². The molecule has 0 aromatic carbocycles. The molecule has 2 N–H and O–H groups in total. The van der Waals surface area contributed by atoms with Gasteiger partial charge in [0.15, 0.2) is 0 Å². The lowest BCUT2D eigenvalue weighted by molar-refractivity contribution is -0.109. The summed E-state index contributed by atoms with van der Waals surface area (Å²) in [5.74, 6) is 0.340. The Morgan fingerprint density at radius 3 is 2.45 bits per heavy atom. The van der Waals surface area contributed by atoms with Crippen molar-refractivity contribution in [3.05, 3.63) is 0 Å². The average molecular weight is 178 g/mol. The minimum Gasteiger partial charge on any atom is -0.301 e. The van der Waals surface area contributed by atoms with Gasteiger partial charge in [-0.3, -0.25) is 0 Å². The van der Waals surface area contributed by atoms with Crippen LogP contribution in [-0.2, 0) is 9.36 Å². The molecule has 5 heteroatoms. The van der Waals surface area contributed by atoms with E-state index in [9.17, 15) is 9.36 Å². The minimum absolute atomic E-state index is 0.340. The van der Waals surface area contributed by atoms with E-state index in [1.165, 1.54) is 0 Å². The molecule has 0 spiro atoms. The Balaban J connectivity index is 3.76. The normalized spacial score (nSPS) is 14.7. The lowest BCUT2D eigenvalue weighted by Gasteiger charge is -2.06. The van der Waals surface area contributed by atoms with Crippen molar-refractivity contribution in [2.24, 2.45) is 5.92 Å². The molecule has 64 valence electrons. The zero-order valence-electron chi connectivity index (χ0n) is 6.65. The van der Waals surface area contributed by atoms with Gasteiger partial charge in [0, 0.05) is 0 Å². The molecule has 0 saturated carbocycles. The van der Waals surface area contributed by atoms with Crippen LogP contribution < -0.4 is 5.09 Å². The molecule has 0 aliphatic carbocycles. The van der Waals surface area contributed by atoms with E-state index in [-0.39, 0.29) is 0 Å². The van der Waals surface area contributed by atoms with Crippen molar-refractivity contribution in [1.29, 1.82) is 0 Å². The maximum atomic E-state index is 10.3. The fraction of sp³-hybridized carbons (Fsp3) is 0.833. The first-order valence-corrected chi connectivity index (χ1v) is 4.65. The molecule has 0 aromatic heterocycles. The van der Waals surface area contributed by atoms with Crippen LogP contribution in [0.1, 0.15) is 20.3 Å². The van der Waals surface area contributed by atoms with E-state index in [1.807, 2.05) is 13.8 Å². The highest BCUT2D eigenvalue weighted by Gasteiger charge is 2.19. The minimum atomic E-state index is -2.41. The summed E-state index contributed by atoms with van der Waals surface area (Å²) in [7, 11) is -2.41. The Morgan fingerprint density at radius 2 is 2.18 bits per heavy atom. The van der Waals surface area contributed by atoms with Gasteiger partial charge in [-0.25, -0.2) is 0 Å². The smallest absolute Gasteiger partial charge is 0.301 e. The maximum absolute atomic E-state index is 10.3. The second-order valence-corrected chi connectivity index (χ2v) is 3.58. The van der Waals surface area contributed by atoms with E-state index < -0.39 is 14.2 Å². The summed E-state index contributed by atoms with van der Waals surface area (Å²) in [6.07, 6.45) is 1.24. The standard InChI is InChI=1S/C6H12NO3P/c1-5(2)3-6(4-8)7-11(9)10/h4-6H,3H2,1-2H3,(H-,7,9,10)/p+1/t6-/m0/s1. The summed E-state index contributed by atoms with van der Waals surface area (Å²) in [5.41, 5.74) is 0. The number of carbonyl (C=O) groups is 1. The van der Waals surface area contributed by atoms with Crippen molar-refractivity contribution in [3.63, 3.8) is 0 Å². The van der Waals surface area contributed by atoms with Gasteiger partial charge in [0.05, 0.1) is 0 Å². The first-order chi connectivity index (χ1) is 5.06. The fourth-order valence-corrected chi connectivity index (χ4v) is 1.24.